The highest BCUT2D eigenvalue weighted by Crippen LogP contribution is 2.23. The normalized spacial score (nSPS) is 12.6. The van der Waals surface area contributed by atoms with Crippen LogP contribution in [0.25, 0.3) is 11.4 Å². The van der Waals surface area contributed by atoms with Crippen LogP contribution in [0.1, 0.15) is 17.5 Å². The summed E-state index contributed by atoms with van der Waals surface area (Å²) in [5, 5.41) is 7.80. The van der Waals surface area contributed by atoms with Gasteiger partial charge >= 0.3 is 0 Å². The van der Waals surface area contributed by atoms with Crippen molar-refractivity contribution in [3.05, 3.63) is 53.9 Å². The summed E-state index contributed by atoms with van der Waals surface area (Å²) in [6.45, 7) is 0. The van der Waals surface area contributed by atoms with E-state index in [1.807, 2.05) is 0 Å². The number of halogens is 1. The van der Waals surface area contributed by atoms with Crippen LogP contribution in [0.5, 0.6) is 0 Å². The van der Waals surface area contributed by atoms with Gasteiger partial charge in [0.2, 0.25) is 11.7 Å². The van der Waals surface area contributed by atoms with E-state index < -0.39 is 11.9 Å². The summed E-state index contributed by atoms with van der Waals surface area (Å²) in [4.78, 5) is 4.15. The number of nitrogens with zero attached hydrogens (tertiary/aromatic N) is 4. The van der Waals surface area contributed by atoms with Gasteiger partial charge < -0.3 is 10.3 Å². The van der Waals surface area contributed by atoms with Gasteiger partial charge in [-0.1, -0.05) is 17.3 Å². The molecule has 0 amide bonds. The van der Waals surface area contributed by atoms with Gasteiger partial charge in [-0.3, -0.25) is 4.68 Å². The molecule has 7 heteroatoms. The van der Waals surface area contributed by atoms with Gasteiger partial charge in [0, 0.05) is 18.8 Å². The van der Waals surface area contributed by atoms with Crippen LogP contribution >= 0.6 is 0 Å². The predicted octanol–water partition coefficient (Wildman–Crippen LogP) is 1.66. The monoisotopic (exact) mass is 273 g/mol. The quantitative estimate of drug-likeness (QED) is 0.784. The second-order valence-corrected chi connectivity index (χ2v) is 4.36. The van der Waals surface area contributed by atoms with Crippen molar-refractivity contribution in [3.63, 3.8) is 0 Å². The van der Waals surface area contributed by atoms with Gasteiger partial charge in [-0.05, 0) is 12.1 Å². The van der Waals surface area contributed by atoms with Crippen LogP contribution in [0.15, 0.2) is 41.2 Å². The maximum absolute atomic E-state index is 13.6. The third-order valence-electron chi connectivity index (χ3n) is 2.91. The van der Waals surface area contributed by atoms with E-state index in [1.54, 1.807) is 42.3 Å². The Kier molecular flexibility index (Phi) is 3.03. The average molecular weight is 273 g/mol. The molecular weight excluding hydrogens is 261 g/mol. The second-order valence-electron chi connectivity index (χ2n) is 4.36. The fourth-order valence-electron chi connectivity index (χ4n) is 1.86. The molecule has 0 radical (unpaired) electrons. The standard InChI is InChI=1S/C13H12FN5O/c1-19-7-8(6-16-19)11(15)13-17-12(18-20-13)9-4-2-3-5-10(9)14/h2-7,11H,15H2,1H3. The second kappa shape index (κ2) is 4.86. The number of benzene rings is 1. The summed E-state index contributed by atoms with van der Waals surface area (Å²) in [5.74, 6) is -0.0107. The maximum atomic E-state index is 13.6. The molecule has 0 fully saturated rings. The third-order valence-corrected chi connectivity index (χ3v) is 2.91. The minimum atomic E-state index is -0.586. The van der Waals surface area contributed by atoms with Gasteiger partial charge in [0.05, 0.1) is 11.8 Å². The van der Waals surface area contributed by atoms with Crippen molar-refractivity contribution in [1.82, 2.24) is 19.9 Å². The molecule has 1 atom stereocenters. The molecule has 0 aliphatic rings. The lowest BCUT2D eigenvalue weighted by molar-refractivity contribution is 0.367. The van der Waals surface area contributed by atoms with E-state index in [2.05, 4.69) is 15.2 Å². The van der Waals surface area contributed by atoms with Crippen molar-refractivity contribution in [2.75, 3.05) is 0 Å². The van der Waals surface area contributed by atoms with Crippen molar-refractivity contribution in [2.24, 2.45) is 12.8 Å². The third kappa shape index (κ3) is 2.19. The van der Waals surface area contributed by atoms with Gasteiger partial charge in [-0.15, -0.1) is 0 Å². The molecule has 20 heavy (non-hydrogen) atoms. The zero-order valence-electron chi connectivity index (χ0n) is 10.7. The molecule has 3 aromatic rings. The van der Waals surface area contributed by atoms with Gasteiger partial charge in [-0.2, -0.15) is 10.1 Å². The smallest absolute Gasteiger partial charge is 0.248 e. The van der Waals surface area contributed by atoms with Gasteiger partial charge in [0.15, 0.2) is 0 Å². The maximum Gasteiger partial charge on any atom is 0.248 e. The zero-order valence-corrected chi connectivity index (χ0v) is 10.7. The van der Waals surface area contributed by atoms with Gasteiger partial charge in [0.1, 0.15) is 11.9 Å². The Hall–Kier alpha value is -2.54. The summed E-state index contributed by atoms with van der Waals surface area (Å²) in [6, 6.07) is 5.64. The molecule has 0 aliphatic carbocycles. The van der Waals surface area contributed by atoms with E-state index >= 15 is 0 Å². The van der Waals surface area contributed by atoms with Crippen LogP contribution in [0.3, 0.4) is 0 Å². The van der Waals surface area contributed by atoms with E-state index in [0.717, 1.165) is 5.56 Å². The summed E-state index contributed by atoms with van der Waals surface area (Å²) in [5.41, 5.74) is 7.04. The number of hydrogen-bond acceptors (Lipinski definition) is 5. The summed E-state index contributed by atoms with van der Waals surface area (Å²) in [6.07, 6.45) is 3.38. The van der Waals surface area contributed by atoms with Crippen molar-refractivity contribution in [3.8, 4) is 11.4 Å². The fraction of sp³-hybridized carbons (Fsp3) is 0.154. The van der Waals surface area contributed by atoms with Crippen LogP contribution in [0.2, 0.25) is 0 Å². The predicted molar refractivity (Wildman–Crippen MR) is 68.9 cm³/mol. The molecule has 2 N–H and O–H groups in total. The molecule has 2 aromatic heterocycles. The lowest BCUT2D eigenvalue weighted by Gasteiger charge is -2.01. The molecule has 0 saturated heterocycles. The SMILES string of the molecule is Cn1cc(C(N)c2nc(-c3ccccc3F)no2)cn1. The first-order valence-corrected chi connectivity index (χ1v) is 5.98. The van der Waals surface area contributed by atoms with E-state index in [9.17, 15) is 4.39 Å². The van der Waals surface area contributed by atoms with Crippen LogP contribution in [0.4, 0.5) is 4.39 Å². The highest BCUT2D eigenvalue weighted by Gasteiger charge is 2.19. The average Bonchev–Trinajstić information content (AvgIpc) is 3.07. The lowest BCUT2D eigenvalue weighted by atomic mass is 10.1. The molecule has 0 spiro atoms. The summed E-state index contributed by atoms with van der Waals surface area (Å²) < 4.78 is 20.4. The molecule has 2 heterocycles. The highest BCUT2D eigenvalue weighted by atomic mass is 19.1. The Morgan fingerprint density at radius 1 is 1.35 bits per heavy atom. The minimum absolute atomic E-state index is 0.178. The molecule has 0 bridgehead atoms. The zero-order chi connectivity index (χ0) is 14.1. The Bertz CT molecular complexity index is 736. The molecule has 3 rings (SSSR count). The Morgan fingerprint density at radius 2 is 2.15 bits per heavy atom. The lowest BCUT2D eigenvalue weighted by Crippen LogP contribution is -2.11. The Morgan fingerprint density at radius 3 is 2.85 bits per heavy atom. The van der Waals surface area contributed by atoms with Crippen LogP contribution < -0.4 is 5.73 Å². The van der Waals surface area contributed by atoms with E-state index in [1.165, 1.54) is 6.07 Å². The number of hydrogen-bond donors (Lipinski definition) is 1. The van der Waals surface area contributed by atoms with Gasteiger partial charge in [-0.25, -0.2) is 4.39 Å². The number of rotatable bonds is 3. The van der Waals surface area contributed by atoms with Crippen molar-refractivity contribution in [1.29, 1.82) is 0 Å². The largest absolute Gasteiger partial charge is 0.337 e. The number of aryl methyl sites for hydroxylation is 1. The van der Waals surface area contributed by atoms with Gasteiger partial charge in [0.25, 0.3) is 0 Å². The first-order chi connectivity index (χ1) is 9.65. The fourth-order valence-corrected chi connectivity index (χ4v) is 1.86. The van der Waals surface area contributed by atoms with Crippen molar-refractivity contribution < 1.29 is 8.91 Å². The Labute approximate surface area is 114 Å². The van der Waals surface area contributed by atoms with E-state index in [0.29, 0.717) is 0 Å². The molecule has 0 aliphatic heterocycles. The molecule has 1 unspecified atom stereocenters. The topological polar surface area (TPSA) is 82.8 Å². The van der Waals surface area contributed by atoms with Crippen molar-refractivity contribution >= 4 is 0 Å². The molecule has 1 aromatic carbocycles. The number of nitrogens with two attached hydrogens (primary N) is 1. The van der Waals surface area contributed by atoms with E-state index in [-0.39, 0.29) is 17.3 Å². The summed E-state index contributed by atoms with van der Waals surface area (Å²) >= 11 is 0. The van der Waals surface area contributed by atoms with E-state index in [4.69, 9.17) is 10.3 Å². The molecular formula is C13H12FN5O. The first-order valence-electron chi connectivity index (χ1n) is 5.98. The van der Waals surface area contributed by atoms with Crippen LogP contribution in [-0.4, -0.2) is 19.9 Å². The molecule has 6 nitrogen and oxygen atoms in total. The first kappa shape index (κ1) is 12.5. The molecule has 102 valence electrons. The highest BCUT2D eigenvalue weighted by molar-refractivity contribution is 5.54. The van der Waals surface area contributed by atoms with Crippen LogP contribution in [-0.2, 0) is 7.05 Å². The Balaban J connectivity index is 1.93. The molecule has 0 saturated carbocycles. The minimum Gasteiger partial charge on any atom is -0.337 e. The number of aromatic nitrogens is 4. The summed E-state index contributed by atoms with van der Waals surface area (Å²) in [7, 11) is 1.79. The van der Waals surface area contributed by atoms with Crippen LogP contribution in [0, 0.1) is 5.82 Å². The van der Waals surface area contributed by atoms with Crippen molar-refractivity contribution in [2.45, 2.75) is 6.04 Å².